The van der Waals surface area contributed by atoms with Crippen molar-refractivity contribution < 1.29 is 9.53 Å². The molecular weight excluding hydrogens is 266 g/mol. The Morgan fingerprint density at radius 3 is 2.90 bits per heavy atom. The number of amides is 2. The number of pyridine rings is 1. The van der Waals surface area contributed by atoms with Gasteiger partial charge in [-0.25, -0.2) is 4.79 Å². The molecule has 0 bridgehead atoms. The smallest absolute Gasteiger partial charge is 0.315 e. The molecule has 0 aliphatic carbocycles. The Morgan fingerprint density at radius 2 is 2.05 bits per heavy atom. The Kier molecular flexibility index (Phi) is 4.00. The van der Waals surface area contributed by atoms with E-state index in [9.17, 15) is 4.79 Å². The van der Waals surface area contributed by atoms with Crippen LogP contribution in [-0.4, -0.2) is 17.6 Å². The van der Waals surface area contributed by atoms with E-state index < -0.39 is 0 Å². The number of carbonyl (C=O) groups excluding carboxylic acids is 1. The van der Waals surface area contributed by atoms with E-state index in [2.05, 4.69) is 15.6 Å². The molecular formula is C16H17N3O2. The number of ether oxygens (including phenoxy) is 1. The van der Waals surface area contributed by atoms with Crippen LogP contribution in [0.15, 0.2) is 48.8 Å². The van der Waals surface area contributed by atoms with Gasteiger partial charge in [-0.2, -0.15) is 0 Å². The summed E-state index contributed by atoms with van der Waals surface area (Å²) in [5, 5.41) is 5.86. The van der Waals surface area contributed by atoms with Gasteiger partial charge in [0.2, 0.25) is 0 Å². The summed E-state index contributed by atoms with van der Waals surface area (Å²) in [5.74, 6) is 0.850. The molecule has 0 radical (unpaired) electrons. The van der Waals surface area contributed by atoms with Crippen LogP contribution in [0.25, 0.3) is 0 Å². The zero-order valence-electron chi connectivity index (χ0n) is 11.6. The molecule has 5 nitrogen and oxygen atoms in total. The number of rotatable bonds is 3. The summed E-state index contributed by atoms with van der Waals surface area (Å²) in [7, 11) is 0. The third-order valence-corrected chi connectivity index (χ3v) is 3.47. The highest BCUT2D eigenvalue weighted by atomic mass is 16.5. The van der Waals surface area contributed by atoms with E-state index in [0.29, 0.717) is 13.2 Å². The zero-order chi connectivity index (χ0) is 14.5. The summed E-state index contributed by atoms with van der Waals surface area (Å²) in [6.45, 7) is 1.10. The Bertz CT molecular complexity index is 616. The van der Waals surface area contributed by atoms with Gasteiger partial charge in [0.1, 0.15) is 5.75 Å². The van der Waals surface area contributed by atoms with Crippen molar-refractivity contribution in [2.45, 2.75) is 19.0 Å². The largest absolute Gasteiger partial charge is 0.493 e. The molecule has 1 aromatic heterocycles. The van der Waals surface area contributed by atoms with Crippen molar-refractivity contribution >= 4 is 6.03 Å². The van der Waals surface area contributed by atoms with E-state index in [1.54, 1.807) is 12.4 Å². The molecule has 108 valence electrons. The third-order valence-electron chi connectivity index (χ3n) is 3.47. The summed E-state index contributed by atoms with van der Waals surface area (Å²) >= 11 is 0. The molecule has 1 unspecified atom stereocenters. The van der Waals surface area contributed by atoms with Gasteiger partial charge < -0.3 is 15.4 Å². The van der Waals surface area contributed by atoms with Crippen molar-refractivity contribution in [2.75, 3.05) is 6.61 Å². The number of hydrogen-bond donors (Lipinski definition) is 2. The van der Waals surface area contributed by atoms with Gasteiger partial charge in [0.05, 0.1) is 12.6 Å². The number of urea groups is 1. The molecule has 5 heteroatoms. The molecule has 1 aliphatic rings. The maximum atomic E-state index is 12.0. The summed E-state index contributed by atoms with van der Waals surface area (Å²) in [6.07, 6.45) is 4.20. The van der Waals surface area contributed by atoms with E-state index in [-0.39, 0.29) is 12.1 Å². The summed E-state index contributed by atoms with van der Waals surface area (Å²) in [4.78, 5) is 16.0. The lowest BCUT2D eigenvalue weighted by atomic mass is 10.0. The molecule has 1 aliphatic heterocycles. The molecule has 3 rings (SSSR count). The highest BCUT2D eigenvalue weighted by Gasteiger charge is 2.22. The van der Waals surface area contributed by atoms with Crippen LogP contribution >= 0.6 is 0 Å². The van der Waals surface area contributed by atoms with Crippen molar-refractivity contribution in [1.82, 2.24) is 15.6 Å². The van der Waals surface area contributed by atoms with E-state index in [1.807, 2.05) is 36.4 Å². The Hall–Kier alpha value is -2.56. The molecule has 2 amide bonds. The topological polar surface area (TPSA) is 63.2 Å². The lowest BCUT2D eigenvalue weighted by Gasteiger charge is -2.26. The number of carbonyl (C=O) groups is 1. The minimum absolute atomic E-state index is 0.00705. The standard InChI is InChI=1S/C16H17N3O2/c20-16(18-11-12-5-8-17-9-6-12)19-14-7-10-21-15-4-2-1-3-13(14)15/h1-6,8-9,14H,7,10-11H2,(H2,18,19,20). The van der Waals surface area contributed by atoms with Gasteiger partial charge in [-0.15, -0.1) is 0 Å². The van der Waals surface area contributed by atoms with Gasteiger partial charge >= 0.3 is 6.03 Å². The molecule has 2 aromatic rings. The first-order valence-corrected chi connectivity index (χ1v) is 6.98. The molecule has 0 spiro atoms. The fraction of sp³-hybridized carbons (Fsp3) is 0.250. The van der Waals surface area contributed by atoms with Crippen molar-refractivity contribution in [1.29, 1.82) is 0 Å². The predicted molar refractivity (Wildman–Crippen MR) is 78.9 cm³/mol. The second kappa shape index (κ2) is 6.26. The normalized spacial score (nSPS) is 16.5. The fourth-order valence-electron chi connectivity index (χ4n) is 2.38. The molecule has 2 heterocycles. The average molecular weight is 283 g/mol. The minimum atomic E-state index is -0.173. The van der Waals surface area contributed by atoms with E-state index in [0.717, 1.165) is 23.3 Å². The molecule has 21 heavy (non-hydrogen) atoms. The Morgan fingerprint density at radius 1 is 1.24 bits per heavy atom. The van der Waals surface area contributed by atoms with Gasteiger partial charge in [-0.3, -0.25) is 4.98 Å². The minimum Gasteiger partial charge on any atom is -0.493 e. The summed E-state index contributed by atoms with van der Waals surface area (Å²) < 4.78 is 5.59. The van der Waals surface area contributed by atoms with Crippen molar-refractivity contribution in [3.8, 4) is 5.75 Å². The molecule has 2 N–H and O–H groups in total. The maximum absolute atomic E-state index is 12.0. The number of fused-ring (bicyclic) bond motifs is 1. The van der Waals surface area contributed by atoms with Crippen LogP contribution in [0.4, 0.5) is 4.79 Å². The lowest BCUT2D eigenvalue weighted by molar-refractivity contribution is 0.223. The van der Waals surface area contributed by atoms with Crippen LogP contribution in [0.2, 0.25) is 0 Å². The predicted octanol–water partition coefficient (Wildman–Crippen LogP) is 2.40. The molecule has 1 atom stereocenters. The van der Waals surface area contributed by atoms with Crippen LogP contribution in [0.5, 0.6) is 5.75 Å². The maximum Gasteiger partial charge on any atom is 0.315 e. The first-order valence-electron chi connectivity index (χ1n) is 6.98. The number of nitrogens with zero attached hydrogens (tertiary/aromatic N) is 1. The zero-order valence-corrected chi connectivity index (χ0v) is 11.6. The highest BCUT2D eigenvalue weighted by molar-refractivity contribution is 5.74. The molecule has 0 fully saturated rings. The Balaban J connectivity index is 1.58. The van der Waals surface area contributed by atoms with Crippen molar-refractivity contribution in [3.05, 3.63) is 59.9 Å². The summed E-state index contributed by atoms with van der Waals surface area (Å²) in [5.41, 5.74) is 2.05. The number of hydrogen-bond acceptors (Lipinski definition) is 3. The fourth-order valence-corrected chi connectivity index (χ4v) is 2.38. The van der Waals surface area contributed by atoms with E-state index >= 15 is 0 Å². The average Bonchev–Trinajstić information content (AvgIpc) is 2.54. The first-order chi connectivity index (χ1) is 10.3. The first kappa shape index (κ1) is 13.4. The van der Waals surface area contributed by atoms with Gasteiger partial charge in [0, 0.05) is 30.9 Å². The van der Waals surface area contributed by atoms with Crippen LogP contribution in [0.3, 0.4) is 0 Å². The lowest BCUT2D eigenvalue weighted by Crippen LogP contribution is -2.39. The number of benzene rings is 1. The number of aromatic nitrogens is 1. The Labute approximate surface area is 123 Å². The van der Waals surface area contributed by atoms with Gasteiger partial charge in [-0.05, 0) is 23.8 Å². The monoisotopic (exact) mass is 283 g/mol. The molecule has 0 saturated carbocycles. The van der Waals surface area contributed by atoms with E-state index in [1.165, 1.54) is 0 Å². The highest BCUT2D eigenvalue weighted by Crippen LogP contribution is 2.31. The van der Waals surface area contributed by atoms with Gasteiger partial charge in [-0.1, -0.05) is 18.2 Å². The van der Waals surface area contributed by atoms with Crippen LogP contribution < -0.4 is 15.4 Å². The van der Waals surface area contributed by atoms with Crippen molar-refractivity contribution in [2.24, 2.45) is 0 Å². The summed E-state index contributed by atoms with van der Waals surface area (Å²) in [6, 6.07) is 11.4. The number of nitrogens with one attached hydrogen (secondary N) is 2. The number of para-hydroxylation sites is 1. The third kappa shape index (κ3) is 3.31. The molecule has 0 saturated heterocycles. The van der Waals surface area contributed by atoms with Crippen LogP contribution in [0, 0.1) is 0 Å². The second-order valence-corrected chi connectivity index (χ2v) is 4.91. The quantitative estimate of drug-likeness (QED) is 0.909. The molecule has 1 aromatic carbocycles. The van der Waals surface area contributed by atoms with Gasteiger partial charge in [0.25, 0.3) is 0 Å². The van der Waals surface area contributed by atoms with Crippen LogP contribution in [-0.2, 0) is 6.54 Å². The second-order valence-electron chi connectivity index (χ2n) is 4.91. The van der Waals surface area contributed by atoms with Crippen LogP contribution in [0.1, 0.15) is 23.6 Å². The van der Waals surface area contributed by atoms with Gasteiger partial charge in [0.15, 0.2) is 0 Å². The van der Waals surface area contributed by atoms with Crippen molar-refractivity contribution in [3.63, 3.8) is 0 Å². The SMILES string of the molecule is O=C(NCc1ccncc1)NC1CCOc2ccccc21. The van der Waals surface area contributed by atoms with E-state index in [4.69, 9.17) is 4.74 Å².